The Morgan fingerprint density at radius 2 is 1.00 bits per heavy atom. The van der Waals surface area contributed by atoms with Crippen LogP contribution in [0.25, 0.3) is 0 Å². The zero-order valence-electron chi connectivity index (χ0n) is 14.8. The van der Waals surface area contributed by atoms with Crippen molar-refractivity contribution in [1.29, 1.82) is 0 Å². The number of hydrogen-bond acceptors (Lipinski definition) is 2. The Labute approximate surface area is 130 Å². The molecule has 0 radical (unpaired) electrons. The maximum absolute atomic E-state index is 9.91. The molecule has 0 aliphatic heterocycles. The van der Waals surface area contributed by atoms with E-state index >= 15 is 0 Å². The van der Waals surface area contributed by atoms with Crippen molar-refractivity contribution < 1.29 is 9.09 Å². The van der Waals surface area contributed by atoms with Gasteiger partial charge in [-0.25, -0.2) is 0 Å². The van der Waals surface area contributed by atoms with Gasteiger partial charge in [0.15, 0.2) is 0 Å². The predicted molar refractivity (Wildman–Crippen MR) is 94.1 cm³/mol. The summed E-state index contributed by atoms with van der Waals surface area (Å²) >= 11 is 0. The highest BCUT2D eigenvalue weighted by molar-refractivity contribution is 7.17. The fraction of sp³-hybridized carbons (Fsp3) is 1.00. The minimum atomic E-state index is -0.580. The lowest BCUT2D eigenvalue weighted by Crippen LogP contribution is -1.85. The molecule has 0 aromatic rings. The third kappa shape index (κ3) is 43.0. The van der Waals surface area contributed by atoms with Crippen molar-refractivity contribution in [3.63, 3.8) is 0 Å². The van der Waals surface area contributed by atoms with Gasteiger partial charge in [-0.1, -0.05) is 98.8 Å². The van der Waals surface area contributed by atoms with Gasteiger partial charge in [0, 0.05) is 0 Å². The first-order valence-electron chi connectivity index (χ1n) is 8.73. The van der Waals surface area contributed by atoms with Crippen molar-refractivity contribution in [1.82, 2.24) is 0 Å². The van der Waals surface area contributed by atoms with E-state index in [-0.39, 0.29) is 0 Å². The third-order valence-electron chi connectivity index (χ3n) is 2.91. The monoisotopic (exact) mass is 307 g/mol. The summed E-state index contributed by atoms with van der Waals surface area (Å²) in [6.45, 7) is 11.6. The molecule has 0 aromatic heterocycles. The number of unbranched alkanes of at least 4 members (excludes halogenated alkanes) is 8. The summed E-state index contributed by atoms with van der Waals surface area (Å²) in [5.41, 5.74) is 0. The molecule has 20 heavy (non-hydrogen) atoms. The van der Waals surface area contributed by atoms with E-state index in [0.717, 1.165) is 6.42 Å². The summed E-state index contributed by atoms with van der Waals surface area (Å²) in [5.74, 6) is 0. The molecule has 0 bridgehead atoms. The molecule has 0 aromatic carbocycles. The summed E-state index contributed by atoms with van der Waals surface area (Å²) in [7, 11) is -0.580. The molecule has 124 valence electrons. The van der Waals surface area contributed by atoms with E-state index in [0.29, 0.717) is 6.61 Å². The summed E-state index contributed by atoms with van der Waals surface area (Å²) < 4.78 is 14.6. The van der Waals surface area contributed by atoms with Gasteiger partial charge in [-0.3, -0.25) is 0 Å². The first-order valence-corrected chi connectivity index (χ1v) is 9.55. The van der Waals surface area contributed by atoms with Crippen LogP contribution in [0.2, 0.25) is 0 Å². The molecule has 0 fully saturated rings. The van der Waals surface area contributed by atoms with Crippen LogP contribution in [0.3, 0.4) is 0 Å². The highest BCUT2D eigenvalue weighted by Gasteiger charge is 1.93. The molecular formula is C17H40O2P+. The van der Waals surface area contributed by atoms with Crippen LogP contribution in [0, 0.1) is 0 Å². The first-order chi connectivity index (χ1) is 9.74. The minimum Gasteiger partial charge on any atom is -0.148 e. The maximum Gasteiger partial charge on any atom is 0.494 e. The Balaban J connectivity index is -0.000000297. The van der Waals surface area contributed by atoms with E-state index in [2.05, 4.69) is 34.6 Å². The first kappa shape index (κ1) is 25.0. The number of rotatable bonds is 11. The van der Waals surface area contributed by atoms with Crippen molar-refractivity contribution in [2.45, 2.75) is 105 Å². The van der Waals surface area contributed by atoms with Crippen LogP contribution in [0.4, 0.5) is 0 Å². The van der Waals surface area contributed by atoms with E-state index in [1.165, 1.54) is 64.2 Å². The van der Waals surface area contributed by atoms with Crippen LogP contribution in [0.15, 0.2) is 0 Å². The molecular weight excluding hydrogens is 267 g/mol. The summed E-state index contributed by atoms with van der Waals surface area (Å²) in [5, 5.41) is 0. The van der Waals surface area contributed by atoms with Gasteiger partial charge in [0.2, 0.25) is 0 Å². The highest BCUT2D eigenvalue weighted by Crippen LogP contribution is 2.07. The molecule has 0 heterocycles. The Morgan fingerprint density at radius 1 is 0.600 bits per heavy atom. The third-order valence-corrected chi connectivity index (χ3v) is 3.23. The maximum atomic E-state index is 9.91. The lowest BCUT2D eigenvalue weighted by molar-refractivity contribution is 0.328. The molecule has 3 heteroatoms. The summed E-state index contributed by atoms with van der Waals surface area (Å²) in [4.78, 5) is 0. The van der Waals surface area contributed by atoms with Crippen molar-refractivity contribution in [2.24, 2.45) is 0 Å². The zero-order valence-corrected chi connectivity index (χ0v) is 15.8. The van der Waals surface area contributed by atoms with E-state index in [1.54, 1.807) is 0 Å². The van der Waals surface area contributed by atoms with Gasteiger partial charge in [0.25, 0.3) is 0 Å². The van der Waals surface area contributed by atoms with Crippen LogP contribution in [-0.4, -0.2) is 6.61 Å². The average Bonchev–Trinajstić information content (AvgIpc) is 2.50. The summed E-state index contributed by atoms with van der Waals surface area (Å²) in [6.07, 6.45) is 14.2. The van der Waals surface area contributed by atoms with Gasteiger partial charge in [-0.2, -0.15) is 0 Å². The topological polar surface area (TPSA) is 26.3 Å². The van der Waals surface area contributed by atoms with Gasteiger partial charge in [-0.05, 0) is 11.0 Å². The lowest BCUT2D eigenvalue weighted by Gasteiger charge is -1.97. The van der Waals surface area contributed by atoms with Crippen LogP contribution < -0.4 is 0 Å². The van der Waals surface area contributed by atoms with Crippen molar-refractivity contribution in [3.05, 3.63) is 0 Å². The fourth-order valence-electron chi connectivity index (χ4n) is 1.17. The normalized spacial score (nSPS) is 9.45. The van der Waals surface area contributed by atoms with Crippen molar-refractivity contribution in [3.8, 4) is 0 Å². The van der Waals surface area contributed by atoms with Gasteiger partial charge >= 0.3 is 8.69 Å². The van der Waals surface area contributed by atoms with Crippen LogP contribution in [0.5, 0.6) is 0 Å². The van der Waals surface area contributed by atoms with Gasteiger partial charge in [0.05, 0.1) is 0 Å². The largest absolute Gasteiger partial charge is 0.494 e. The molecule has 0 aliphatic rings. The second-order valence-electron chi connectivity index (χ2n) is 5.05. The molecule has 1 atom stereocenters. The van der Waals surface area contributed by atoms with Crippen molar-refractivity contribution >= 4 is 8.69 Å². The van der Waals surface area contributed by atoms with E-state index in [4.69, 9.17) is 4.52 Å². The standard InChI is InChI=1S/C9H20O2P.2C4H10/c1-2-3-4-5-6-7-8-9-11-12-10;2*1-3-4-2/h12H,2-9H2,1H3;2*3-4H2,1-2H3/q+1;;. The Morgan fingerprint density at radius 3 is 1.35 bits per heavy atom. The van der Waals surface area contributed by atoms with Crippen LogP contribution in [-0.2, 0) is 9.09 Å². The molecule has 0 saturated carbocycles. The Bertz CT molecular complexity index is 133. The molecule has 2 nitrogen and oxygen atoms in total. The van der Waals surface area contributed by atoms with Crippen molar-refractivity contribution in [2.75, 3.05) is 6.61 Å². The molecule has 0 rings (SSSR count). The Kier molecular flexibility index (Phi) is 39.4. The second kappa shape index (κ2) is 31.4. The van der Waals surface area contributed by atoms with E-state index in [1.807, 2.05) is 0 Å². The predicted octanol–water partition coefficient (Wildman–Crippen LogP) is 7.31. The summed E-state index contributed by atoms with van der Waals surface area (Å²) in [6, 6.07) is 0. The van der Waals surface area contributed by atoms with E-state index in [9.17, 15) is 4.57 Å². The van der Waals surface area contributed by atoms with Crippen LogP contribution in [0.1, 0.15) is 105 Å². The molecule has 1 unspecified atom stereocenters. The zero-order chi connectivity index (χ0) is 15.9. The average molecular weight is 307 g/mol. The van der Waals surface area contributed by atoms with E-state index < -0.39 is 8.69 Å². The lowest BCUT2D eigenvalue weighted by atomic mass is 10.1. The molecule has 0 aliphatic carbocycles. The minimum absolute atomic E-state index is 0.580. The van der Waals surface area contributed by atoms with Gasteiger partial charge in [-0.15, -0.1) is 4.52 Å². The second-order valence-corrected chi connectivity index (χ2v) is 5.51. The quantitative estimate of drug-likeness (QED) is 0.295. The molecule has 0 spiro atoms. The fourth-order valence-corrected chi connectivity index (χ4v) is 1.40. The van der Waals surface area contributed by atoms with Gasteiger partial charge < -0.3 is 0 Å². The molecule has 0 amide bonds. The highest BCUT2D eigenvalue weighted by atomic mass is 31.1. The molecule has 0 N–H and O–H groups in total. The smallest absolute Gasteiger partial charge is 0.148 e. The molecule has 0 saturated heterocycles. The SMILES string of the molecule is CCCC.CCCC.CCCCCCCCCO[PH+]=O. The Hall–Kier alpha value is 0.0600. The number of hydrogen-bond donors (Lipinski definition) is 0. The van der Waals surface area contributed by atoms with Crippen LogP contribution >= 0.6 is 8.69 Å². The van der Waals surface area contributed by atoms with Gasteiger partial charge in [0.1, 0.15) is 6.61 Å².